The number of nitrogens with one attached hydrogen (secondary N) is 1. The van der Waals surface area contributed by atoms with Crippen LogP contribution in [0.2, 0.25) is 0 Å². The minimum absolute atomic E-state index is 0.766. The molecule has 0 saturated carbocycles. The predicted octanol–water partition coefficient (Wildman–Crippen LogP) is 2.85. The molecule has 0 radical (unpaired) electrons. The molecule has 0 aliphatic carbocycles. The summed E-state index contributed by atoms with van der Waals surface area (Å²) in [5.41, 5.74) is 2.65. The third kappa shape index (κ3) is 3.63. The summed E-state index contributed by atoms with van der Waals surface area (Å²) in [6.45, 7) is 2.65. The van der Waals surface area contributed by atoms with Crippen LogP contribution in [0.5, 0.6) is 5.75 Å². The van der Waals surface area contributed by atoms with Gasteiger partial charge in [0.05, 0.1) is 6.61 Å². The third-order valence-corrected chi connectivity index (χ3v) is 3.03. The van der Waals surface area contributed by atoms with Crippen LogP contribution < -0.4 is 10.1 Å². The minimum atomic E-state index is 0.766. The number of unbranched alkanes of at least 4 members (excludes halogenated alkanes) is 1. The van der Waals surface area contributed by atoms with E-state index in [0.29, 0.717) is 0 Å². The molecule has 0 fully saturated rings. The lowest BCUT2D eigenvalue weighted by Gasteiger charge is -2.18. The number of hydrogen-bond donors (Lipinski definition) is 1. The van der Waals surface area contributed by atoms with Gasteiger partial charge in [0.25, 0.3) is 0 Å². The lowest BCUT2D eigenvalue weighted by molar-refractivity contribution is 0.184. The number of fused-ring (bicyclic) bond motifs is 1. The number of methoxy groups -OCH3 is 1. The van der Waals surface area contributed by atoms with Crippen molar-refractivity contribution in [3.63, 3.8) is 0 Å². The molecule has 3 nitrogen and oxygen atoms in total. The number of hydrogen-bond acceptors (Lipinski definition) is 3. The van der Waals surface area contributed by atoms with E-state index in [1.54, 1.807) is 7.11 Å². The van der Waals surface area contributed by atoms with Gasteiger partial charge in [-0.3, -0.25) is 0 Å². The maximum absolute atomic E-state index is 5.72. The summed E-state index contributed by atoms with van der Waals surface area (Å²) in [7, 11) is 1.73. The fourth-order valence-electron chi connectivity index (χ4n) is 2.07. The van der Waals surface area contributed by atoms with Gasteiger partial charge in [0.1, 0.15) is 5.75 Å². The Kier molecular flexibility index (Phi) is 4.68. The summed E-state index contributed by atoms with van der Waals surface area (Å²) in [6.07, 6.45) is 4.50. The first-order chi connectivity index (χ1) is 8.40. The molecule has 1 aromatic rings. The average Bonchev–Trinajstić information content (AvgIpc) is 2.38. The number of ether oxygens (including phenoxy) is 2. The van der Waals surface area contributed by atoms with E-state index in [-0.39, 0.29) is 0 Å². The number of rotatable bonds is 6. The van der Waals surface area contributed by atoms with Gasteiger partial charge in [-0.1, -0.05) is 6.07 Å². The van der Waals surface area contributed by atoms with Crippen LogP contribution in [0.1, 0.15) is 24.8 Å². The molecule has 94 valence electrons. The van der Waals surface area contributed by atoms with Crippen LogP contribution in [0.25, 0.3) is 0 Å². The molecule has 0 atom stereocenters. The van der Waals surface area contributed by atoms with Crippen molar-refractivity contribution in [2.45, 2.75) is 25.7 Å². The molecule has 0 amide bonds. The van der Waals surface area contributed by atoms with Crippen LogP contribution in [-0.4, -0.2) is 26.9 Å². The van der Waals surface area contributed by atoms with Crippen LogP contribution in [0, 0.1) is 0 Å². The van der Waals surface area contributed by atoms with Gasteiger partial charge in [-0.05, 0) is 37.3 Å². The van der Waals surface area contributed by atoms with Crippen molar-refractivity contribution < 1.29 is 9.47 Å². The fourth-order valence-corrected chi connectivity index (χ4v) is 2.07. The molecule has 17 heavy (non-hydrogen) atoms. The van der Waals surface area contributed by atoms with Gasteiger partial charge in [-0.2, -0.15) is 0 Å². The Balaban J connectivity index is 1.81. The van der Waals surface area contributed by atoms with Crippen molar-refractivity contribution in [1.29, 1.82) is 0 Å². The van der Waals surface area contributed by atoms with E-state index in [4.69, 9.17) is 9.47 Å². The molecule has 0 saturated heterocycles. The molecule has 3 heteroatoms. The number of aryl methyl sites for hydroxylation is 1. The molecular formula is C14H21NO2. The van der Waals surface area contributed by atoms with E-state index >= 15 is 0 Å². The average molecular weight is 235 g/mol. The quantitative estimate of drug-likeness (QED) is 0.769. The lowest BCUT2D eigenvalue weighted by Crippen LogP contribution is -2.11. The van der Waals surface area contributed by atoms with Crippen molar-refractivity contribution in [3.8, 4) is 5.75 Å². The Morgan fingerprint density at radius 1 is 1.24 bits per heavy atom. The maximum Gasteiger partial charge on any atom is 0.121 e. The molecule has 1 N–H and O–H groups in total. The molecule has 1 aliphatic rings. The highest BCUT2D eigenvalue weighted by Gasteiger charge is 2.08. The number of benzene rings is 1. The normalized spacial score (nSPS) is 13.9. The first kappa shape index (κ1) is 12.2. The van der Waals surface area contributed by atoms with E-state index < -0.39 is 0 Å². The van der Waals surface area contributed by atoms with Crippen molar-refractivity contribution in [1.82, 2.24) is 0 Å². The second kappa shape index (κ2) is 6.50. The Morgan fingerprint density at radius 2 is 2.12 bits per heavy atom. The summed E-state index contributed by atoms with van der Waals surface area (Å²) >= 11 is 0. The highest BCUT2D eigenvalue weighted by atomic mass is 16.5. The summed E-state index contributed by atoms with van der Waals surface area (Å²) in [5, 5.41) is 3.41. The van der Waals surface area contributed by atoms with E-state index in [0.717, 1.165) is 38.3 Å². The van der Waals surface area contributed by atoms with Gasteiger partial charge in [-0.15, -0.1) is 0 Å². The van der Waals surface area contributed by atoms with Gasteiger partial charge < -0.3 is 14.8 Å². The van der Waals surface area contributed by atoms with E-state index in [2.05, 4.69) is 23.5 Å². The Labute approximate surface area is 103 Å². The molecule has 0 unspecified atom stereocenters. The standard InChI is InChI=1S/C14H21NO2/c1-16-9-2-3-10-17-13-7-6-12-5-4-8-15-14(12)11-13/h6-7,11,15H,2-5,8-10H2,1H3. The van der Waals surface area contributed by atoms with Crippen LogP contribution in [0.4, 0.5) is 5.69 Å². The Bertz CT molecular complexity index is 352. The SMILES string of the molecule is COCCCCOc1ccc2c(c1)NCCC2. The Hall–Kier alpha value is -1.22. The maximum atomic E-state index is 5.72. The Morgan fingerprint density at radius 3 is 3.00 bits per heavy atom. The predicted molar refractivity (Wildman–Crippen MR) is 69.9 cm³/mol. The van der Waals surface area contributed by atoms with Gasteiger partial charge >= 0.3 is 0 Å². The first-order valence-electron chi connectivity index (χ1n) is 6.38. The largest absolute Gasteiger partial charge is 0.494 e. The summed E-state index contributed by atoms with van der Waals surface area (Å²) in [6, 6.07) is 6.36. The molecular weight excluding hydrogens is 214 g/mol. The van der Waals surface area contributed by atoms with Crippen LogP contribution >= 0.6 is 0 Å². The molecule has 1 heterocycles. The van der Waals surface area contributed by atoms with Gasteiger partial charge in [0.2, 0.25) is 0 Å². The summed E-state index contributed by atoms with van der Waals surface area (Å²) in [4.78, 5) is 0. The van der Waals surface area contributed by atoms with E-state index in [1.165, 1.54) is 24.1 Å². The van der Waals surface area contributed by atoms with Crippen molar-refractivity contribution in [2.24, 2.45) is 0 Å². The zero-order valence-electron chi connectivity index (χ0n) is 10.5. The van der Waals surface area contributed by atoms with Crippen LogP contribution in [-0.2, 0) is 11.2 Å². The van der Waals surface area contributed by atoms with Gasteiger partial charge in [0, 0.05) is 32.0 Å². The lowest BCUT2D eigenvalue weighted by atomic mass is 10.0. The molecule has 1 aliphatic heterocycles. The van der Waals surface area contributed by atoms with E-state index in [9.17, 15) is 0 Å². The zero-order chi connectivity index (χ0) is 11.9. The summed E-state index contributed by atoms with van der Waals surface area (Å²) < 4.78 is 10.7. The topological polar surface area (TPSA) is 30.5 Å². The van der Waals surface area contributed by atoms with Gasteiger partial charge in [-0.25, -0.2) is 0 Å². The zero-order valence-corrected chi connectivity index (χ0v) is 10.5. The van der Waals surface area contributed by atoms with Crippen LogP contribution in [0.15, 0.2) is 18.2 Å². The van der Waals surface area contributed by atoms with E-state index in [1.807, 2.05) is 0 Å². The molecule has 1 aromatic carbocycles. The smallest absolute Gasteiger partial charge is 0.121 e. The molecule has 0 aromatic heterocycles. The fraction of sp³-hybridized carbons (Fsp3) is 0.571. The minimum Gasteiger partial charge on any atom is -0.494 e. The van der Waals surface area contributed by atoms with Crippen LogP contribution in [0.3, 0.4) is 0 Å². The highest BCUT2D eigenvalue weighted by molar-refractivity contribution is 5.56. The van der Waals surface area contributed by atoms with Crippen molar-refractivity contribution in [3.05, 3.63) is 23.8 Å². The first-order valence-corrected chi connectivity index (χ1v) is 6.38. The highest BCUT2D eigenvalue weighted by Crippen LogP contribution is 2.26. The summed E-state index contributed by atoms with van der Waals surface area (Å²) in [5.74, 6) is 0.968. The second-order valence-corrected chi connectivity index (χ2v) is 4.40. The number of anilines is 1. The van der Waals surface area contributed by atoms with Gasteiger partial charge in [0.15, 0.2) is 0 Å². The monoisotopic (exact) mass is 235 g/mol. The van der Waals surface area contributed by atoms with Crippen molar-refractivity contribution in [2.75, 3.05) is 32.2 Å². The van der Waals surface area contributed by atoms with Crippen molar-refractivity contribution >= 4 is 5.69 Å². The third-order valence-electron chi connectivity index (χ3n) is 3.03. The molecule has 0 bridgehead atoms. The molecule has 0 spiro atoms. The second-order valence-electron chi connectivity index (χ2n) is 4.40. The molecule has 2 rings (SSSR count).